The Kier molecular flexibility index (Phi) is 3.86. The van der Waals surface area contributed by atoms with Crippen molar-refractivity contribution >= 4 is 27.5 Å². The smallest absolute Gasteiger partial charge is 0.248 e. The van der Waals surface area contributed by atoms with Crippen LogP contribution >= 0.6 is 15.9 Å². The number of amides is 1. The van der Waals surface area contributed by atoms with Gasteiger partial charge in [-0.25, -0.2) is 4.39 Å². The Labute approximate surface area is 118 Å². The third kappa shape index (κ3) is 2.61. The van der Waals surface area contributed by atoms with Crippen LogP contribution in [0.5, 0.6) is 0 Å². The van der Waals surface area contributed by atoms with Crippen LogP contribution < -0.4 is 5.32 Å². The van der Waals surface area contributed by atoms with E-state index in [1.165, 1.54) is 18.2 Å². The van der Waals surface area contributed by atoms with Crippen LogP contribution in [-0.2, 0) is 4.79 Å². The van der Waals surface area contributed by atoms with E-state index in [1.54, 1.807) is 4.90 Å². The first-order valence-electron chi connectivity index (χ1n) is 5.71. The number of hydrogen-bond donors (Lipinski definition) is 1. The summed E-state index contributed by atoms with van der Waals surface area (Å²) in [6.45, 7) is 2.92. The molecule has 0 spiro atoms. The lowest BCUT2D eigenvalue weighted by atomic mass is 10.2. The van der Waals surface area contributed by atoms with Crippen LogP contribution in [0.3, 0.4) is 0 Å². The lowest BCUT2D eigenvalue weighted by molar-refractivity contribution is -0.124. The minimum atomic E-state index is -0.459. The molecule has 98 valence electrons. The Morgan fingerprint density at radius 2 is 2.32 bits per heavy atom. The minimum Gasteiger partial charge on any atom is -0.355 e. The molecule has 0 saturated heterocycles. The third-order valence-corrected chi connectivity index (χ3v) is 3.63. The average molecular weight is 324 g/mol. The third-order valence-electron chi connectivity index (χ3n) is 2.85. The number of nitrogens with zero attached hydrogens (tertiary/aromatic N) is 2. The van der Waals surface area contributed by atoms with Crippen molar-refractivity contribution in [3.63, 3.8) is 0 Å². The summed E-state index contributed by atoms with van der Waals surface area (Å²) in [7, 11) is 0. The summed E-state index contributed by atoms with van der Waals surface area (Å²) in [5.74, 6) is -0.546. The number of carbonyl (C=O) groups is 1. The van der Waals surface area contributed by atoms with Gasteiger partial charge in [0.25, 0.3) is 0 Å². The van der Waals surface area contributed by atoms with E-state index in [1.807, 2.05) is 13.0 Å². The summed E-state index contributed by atoms with van der Waals surface area (Å²) in [6, 6.07) is 4.61. The van der Waals surface area contributed by atoms with Gasteiger partial charge in [-0.3, -0.25) is 4.79 Å². The second kappa shape index (κ2) is 5.41. The van der Waals surface area contributed by atoms with Gasteiger partial charge in [-0.05, 0) is 35.0 Å². The van der Waals surface area contributed by atoms with Crippen molar-refractivity contribution < 1.29 is 9.18 Å². The maximum Gasteiger partial charge on any atom is 0.248 e. The highest BCUT2D eigenvalue weighted by molar-refractivity contribution is 9.10. The average Bonchev–Trinajstić information content (AvgIpc) is 2.75. The zero-order valence-corrected chi connectivity index (χ0v) is 11.8. The molecule has 1 aliphatic rings. The summed E-state index contributed by atoms with van der Waals surface area (Å²) in [5, 5.41) is 12.0. The van der Waals surface area contributed by atoms with E-state index < -0.39 is 5.82 Å². The van der Waals surface area contributed by atoms with Gasteiger partial charge in [0.2, 0.25) is 5.91 Å². The van der Waals surface area contributed by atoms with Crippen LogP contribution in [0.15, 0.2) is 28.4 Å². The van der Waals surface area contributed by atoms with E-state index in [-0.39, 0.29) is 10.4 Å². The summed E-state index contributed by atoms with van der Waals surface area (Å²) < 4.78 is 13.7. The van der Waals surface area contributed by atoms with E-state index in [9.17, 15) is 9.18 Å². The van der Waals surface area contributed by atoms with Crippen molar-refractivity contribution in [3.05, 3.63) is 39.8 Å². The molecule has 0 unspecified atom stereocenters. The minimum absolute atomic E-state index is 0.0870. The van der Waals surface area contributed by atoms with E-state index in [2.05, 4.69) is 21.2 Å². The van der Waals surface area contributed by atoms with Gasteiger partial charge in [0.1, 0.15) is 11.9 Å². The van der Waals surface area contributed by atoms with Crippen molar-refractivity contribution in [1.82, 2.24) is 4.90 Å². The van der Waals surface area contributed by atoms with Crippen molar-refractivity contribution in [3.8, 4) is 6.07 Å². The van der Waals surface area contributed by atoms with Crippen LogP contribution in [0.25, 0.3) is 0 Å². The molecule has 4 nitrogen and oxygen atoms in total. The van der Waals surface area contributed by atoms with Crippen LogP contribution in [0.2, 0.25) is 0 Å². The molecule has 6 heteroatoms. The lowest BCUT2D eigenvalue weighted by Crippen LogP contribution is -2.26. The monoisotopic (exact) mass is 323 g/mol. The van der Waals surface area contributed by atoms with Gasteiger partial charge in [0.15, 0.2) is 0 Å². The Morgan fingerprint density at radius 1 is 1.58 bits per heavy atom. The lowest BCUT2D eigenvalue weighted by Gasteiger charge is -2.15. The first-order chi connectivity index (χ1) is 9.06. The molecule has 19 heavy (non-hydrogen) atoms. The molecule has 1 amide bonds. The van der Waals surface area contributed by atoms with E-state index >= 15 is 0 Å². The number of anilines is 1. The largest absolute Gasteiger partial charge is 0.355 e. The standard InChI is InChI=1S/C13H11BrFN3O/c1-2-18-7-9(5-11(18)19)17-13-8(6-16)3-4-10(15)12(13)14/h3-5,17H,2,7H2,1H3. The summed E-state index contributed by atoms with van der Waals surface area (Å²) in [6.07, 6.45) is 1.46. The first kappa shape index (κ1) is 13.6. The first-order valence-corrected chi connectivity index (χ1v) is 6.50. The Morgan fingerprint density at radius 3 is 2.89 bits per heavy atom. The molecule has 1 heterocycles. The van der Waals surface area contributed by atoms with Crippen LogP contribution in [0, 0.1) is 17.1 Å². The van der Waals surface area contributed by atoms with Crippen molar-refractivity contribution in [2.45, 2.75) is 6.92 Å². The molecular weight excluding hydrogens is 313 g/mol. The highest BCUT2D eigenvalue weighted by atomic mass is 79.9. The van der Waals surface area contributed by atoms with Crippen LogP contribution in [0.1, 0.15) is 12.5 Å². The normalized spacial score (nSPS) is 14.3. The topological polar surface area (TPSA) is 56.1 Å². The molecule has 0 atom stereocenters. The van der Waals surface area contributed by atoms with Crippen molar-refractivity contribution in [1.29, 1.82) is 5.26 Å². The number of nitriles is 1. The highest BCUT2D eigenvalue weighted by Crippen LogP contribution is 2.30. The van der Waals surface area contributed by atoms with E-state index in [0.29, 0.717) is 30.0 Å². The zero-order valence-electron chi connectivity index (χ0n) is 10.2. The highest BCUT2D eigenvalue weighted by Gasteiger charge is 2.21. The van der Waals surface area contributed by atoms with E-state index in [4.69, 9.17) is 5.26 Å². The molecule has 0 aliphatic carbocycles. The predicted octanol–water partition coefficient (Wildman–Crippen LogP) is 2.62. The van der Waals surface area contributed by atoms with Gasteiger partial charge in [-0.1, -0.05) is 0 Å². The molecule has 0 aromatic heterocycles. The van der Waals surface area contributed by atoms with Gasteiger partial charge in [0, 0.05) is 18.3 Å². The fourth-order valence-electron chi connectivity index (χ4n) is 1.84. The fourth-order valence-corrected chi connectivity index (χ4v) is 2.28. The van der Waals surface area contributed by atoms with Crippen LogP contribution in [-0.4, -0.2) is 23.9 Å². The molecule has 0 bridgehead atoms. The summed E-state index contributed by atoms with van der Waals surface area (Å²) in [4.78, 5) is 13.2. The number of rotatable bonds is 3. The molecule has 0 saturated carbocycles. The van der Waals surface area contributed by atoms with Gasteiger partial charge >= 0.3 is 0 Å². The summed E-state index contributed by atoms with van der Waals surface area (Å²) >= 11 is 3.11. The second-order valence-electron chi connectivity index (χ2n) is 4.04. The number of likely N-dealkylation sites (N-methyl/N-ethyl adjacent to an activating group) is 1. The molecule has 1 aromatic rings. The van der Waals surface area contributed by atoms with Gasteiger partial charge in [-0.2, -0.15) is 5.26 Å². The Hall–Kier alpha value is -1.87. The molecule has 2 rings (SSSR count). The molecule has 0 fully saturated rings. The van der Waals surface area contributed by atoms with Crippen molar-refractivity contribution in [2.75, 3.05) is 18.4 Å². The fraction of sp³-hybridized carbons (Fsp3) is 0.231. The second-order valence-corrected chi connectivity index (χ2v) is 4.84. The predicted molar refractivity (Wildman–Crippen MR) is 72.8 cm³/mol. The zero-order chi connectivity index (χ0) is 14.0. The molecule has 1 aromatic carbocycles. The molecule has 0 radical (unpaired) electrons. The Bertz CT molecular complexity index is 607. The van der Waals surface area contributed by atoms with Gasteiger partial charge in [-0.15, -0.1) is 0 Å². The number of nitrogens with one attached hydrogen (secondary N) is 1. The van der Waals surface area contributed by atoms with E-state index in [0.717, 1.165) is 0 Å². The maximum atomic E-state index is 13.5. The van der Waals surface area contributed by atoms with Crippen LogP contribution in [0.4, 0.5) is 10.1 Å². The van der Waals surface area contributed by atoms with Gasteiger partial charge < -0.3 is 10.2 Å². The molecule has 1 N–H and O–H groups in total. The number of hydrogen-bond acceptors (Lipinski definition) is 3. The maximum absolute atomic E-state index is 13.5. The molecular formula is C13H11BrFN3O. The SMILES string of the molecule is CCN1CC(Nc2c(C#N)ccc(F)c2Br)=CC1=O. The van der Waals surface area contributed by atoms with Crippen molar-refractivity contribution in [2.24, 2.45) is 0 Å². The number of benzene rings is 1. The number of halogens is 2. The van der Waals surface area contributed by atoms with Gasteiger partial charge in [0.05, 0.1) is 22.3 Å². The Balaban J connectivity index is 2.31. The summed E-state index contributed by atoms with van der Waals surface area (Å²) in [5.41, 5.74) is 1.31. The number of carbonyl (C=O) groups excluding carboxylic acids is 1. The molecule has 1 aliphatic heterocycles. The quantitative estimate of drug-likeness (QED) is 0.930.